The van der Waals surface area contributed by atoms with Crippen LogP contribution in [-0.4, -0.2) is 25.5 Å². The number of hydrogen-bond donors (Lipinski definition) is 1. The molecule has 0 aliphatic heterocycles. The van der Waals surface area contributed by atoms with E-state index in [9.17, 15) is 4.79 Å². The molecule has 21 heavy (non-hydrogen) atoms. The summed E-state index contributed by atoms with van der Waals surface area (Å²) in [6.07, 6.45) is 0.936. The van der Waals surface area contributed by atoms with E-state index in [2.05, 4.69) is 17.4 Å². The zero-order valence-corrected chi connectivity index (χ0v) is 12.5. The number of carbonyl (C=O) groups is 1. The van der Waals surface area contributed by atoms with Gasteiger partial charge in [-0.05, 0) is 37.6 Å². The molecule has 110 valence electrons. The van der Waals surface area contributed by atoms with Gasteiger partial charge in [0.2, 0.25) is 5.91 Å². The van der Waals surface area contributed by atoms with Crippen molar-refractivity contribution >= 4 is 11.6 Å². The van der Waals surface area contributed by atoms with Crippen LogP contribution in [0, 0.1) is 0 Å². The van der Waals surface area contributed by atoms with E-state index >= 15 is 0 Å². The number of hydrogen-bond acceptors (Lipinski definition) is 2. The molecule has 2 rings (SSSR count). The third kappa shape index (κ3) is 4.72. The van der Waals surface area contributed by atoms with E-state index in [0.29, 0.717) is 13.1 Å². The van der Waals surface area contributed by atoms with Gasteiger partial charge < -0.3 is 10.2 Å². The van der Waals surface area contributed by atoms with E-state index in [1.54, 1.807) is 4.90 Å². The summed E-state index contributed by atoms with van der Waals surface area (Å²) < 4.78 is 0. The normalized spacial score (nSPS) is 10.3. The number of carbonyl (C=O) groups excluding carboxylic acids is 1. The Bertz CT molecular complexity index is 540. The van der Waals surface area contributed by atoms with E-state index in [1.165, 1.54) is 5.56 Å². The highest BCUT2D eigenvalue weighted by Crippen LogP contribution is 2.12. The van der Waals surface area contributed by atoms with Crippen LogP contribution in [0.4, 0.5) is 5.69 Å². The predicted molar refractivity (Wildman–Crippen MR) is 87.5 cm³/mol. The predicted octanol–water partition coefficient (Wildman–Crippen LogP) is 2.87. The highest BCUT2D eigenvalue weighted by atomic mass is 16.2. The number of para-hydroxylation sites is 1. The molecule has 0 unspecified atom stereocenters. The summed E-state index contributed by atoms with van der Waals surface area (Å²) in [5.41, 5.74) is 2.24. The number of benzene rings is 2. The largest absolute Gasteiger partial charge is 0.312 e. The molecule has 0 fully saturated rings. The maximum atomic E-state index is 12.2. The van der Waals surface area contributed by atoms with Crippen LogP contribution in [0.15, 0.2) is 60.7 Å². The topological polar surface area (TPSA) is 32.3 Å². The van der Waals surface area contributed by atoms with Crippen molar-refractivity contribution < 1.29 is 4.79 Å². The first-order valence-corrected chi connectivity index (χ1v) is 7.41. The molecule has 0 aliphatic carbocycles. The summed E-state index contributed by atoms with van der Waals surface area (Å²) in [6.45, 7) is 3.86. The van der Waals surface area contributed by atoms with Crippen molar-refractivity contribution in [1.82, 2.24) is 5.32 Å². The van der Waals surface area contributed by atoms with Gasteiger partial charge >= 0.3 is 0 Å². The lowest BCUT2D eigenvalue weighted by atomic mass is 10.1. The minimum Gasteiger partial charge on any atom is -0.312 e. The molecule has 0 heterocycles. The second-order valence-electron chi connectivity index (χ2n) is 4.89. The molecule has 0 atom stereocenters. The summed E-state index contributed by atoms with van der Waals surface area (Å²) >= 11 is 0. The first-order chi connectivity index (χ1) is 10.3. The molecule has 3 heteroatoms. The van der Waals surface area contributed by atoms with Crippen molar-refractivity contribution in [2.24, 2.45) is 0 Å². The standard InChI is InChI=1S/C18H22N2O/c1-2-20(17-11-7-4-8-12-17)18(21)15-19-14-13-16-9-5-3-6-10-16/h3-12,19H,2,13-15H2,1H3. The van der Waals surface area contributed by atoms with Crippen molar-refractivity contribution in [3.05, 3.63) is 66.2 Å². The Morgan fingerprint density at radius 2 is 1.62 bits per heavy atom. The lowest BCUT2D eigenvalue weighted by Gasteiger charge is -2.21. The Morgan fingerprint density at radius 1 is 1.00 bits per heavy atom. The van der Waals surface area contributed by atoms with E-state index < -0.39 is 0 Å². The summed E-state index contributed by atoms with van der Waals surface area (Å²) in [7, 11) is 0. The zero-order chi connectivity index (χ0) is 14.9. The van der Waals surface area contributed by atoms with Crippen LogP contribution in [-0.2, 0) is 11.2 Å². The van der Waals surface area contributed by atoms with Gasteiger partial charge in [-0.3, -0.25) is 4.79 Å². The van der Waals surface area contributed by atoms with Crippen LogP contribution in [0.1, 0.15) is 12.5 Å². The zero-order valence-electron chi connectivity index (χ0n) is 12.5. The van der Waals surface area contributed by atoms with Crippen molar-refractivity contribution in [3.8, 4) is 0 Å². The van der Waals surface area contributed by atoms with E-state index in [0.717, 1.165) is 18.7 Å². The van der Waals surface area contributed by atoms with Gasteiger partial charge in [0, 0.05) is 12.2 Å². The molecule has 2 aromatic carbocycles. The van der Waals surface area contributed by atoms with Gasteiger partial charge in [0.05, 0.1) is 6.54 Å². The van der Waals surface area contributed by atoms with Crippen LogP contribution in [0.5, 0.6) is 0 Å². The fraction of sp³-hybridized carbons (Fsp3) is 0.278. The van der Waals surface area contributed by atoms with Gasteiger partial charge in [-0.25, -0.2) is 0 Å². The average molecular weight is 282 g/mol. The molecule has 0 aliphatic rings. The average Bonchev–Trinajstić information content (AvgIpc) is 2.54. The molecular formula is C18H22N2O. The maximum Gasteiger partial charge on any atom is 0.240 e. The van der Waals surface area contributed by atoms with Crippen molar-refractivity contribution in [3.63, 3.8) is 0 Å². The monoisotopic (exact) mass is 282 g/mol. The van der Waals surface area contributed by atoms with Crippen LogP contribution < -0.4 is 10.2 Å². The second kappa shape index (κ2) is 8.22. The first kappa shape index (κ1) is 15.3. The van der Waals surface area contributed by atoms with Crippen LogP contribution >= 0.6 is 0 Å². The molecule has 0 aromatic heterocycles. The molecule has 1 amide bonds. The van der Waals surface area contributed by atoms with Gasteiger partial charge in [0.25, 0.3) is 0 Å². The molecule has 3 nitrogen and oxygen atoms in total. The number of amides is 1. The Labute approximate surface area is 126 Å². The second-order valence-corrected chi connectivity index (χ2v) is 4.89. The highest BCUT2D eigenvalue weighted by molar-refractivity contribution is 5.94. The summed E-state index contributed by atoms with van der Waals surface area (Å²) in [4.78, 5) is 14.1. The molecule has 0 saturated heterocycles. The Morgan fingerprint density at radius 3 is 2.24 bits per heavy atom. The summed E-state index contributed by atoms with van der Waals surface area (Å²) in [5, 5.41) is 3.23. The van der Waals surface area contributed by atoms with Crippen molar-refractivity contribution in [2.75, 3.05) is 24.5 Å². The Balaban J connectivity index is 1.78. The minimum atomic E-state index is 0.108. The molecule has 0 radical (unpaired) electrons. The first-order valence-electron chi connectivity index (χ1n) is 7.41. The van der Waals surface area contributed by atoms with E-state index in [4.69, 9.17) is 0 Å². The van der Waals surface area contributed by atoms with Gasteiger partial charge in [-0.2, -0.15) is 0 Å². The van der Waals surface area contributed by atoms with Crippen molar-refractivity contribution in [2.45, 2.75) is 13.3 Å². The van der Waals surface area contributed by atoms with Crippen LogP contribution in [0.2, 0.25) is 0 Å². The van der Waals surface area contributed by atoms with E-state index in [1.807, 2.05) is 55.5 Å². The number of anilines is 1. The third-order valence-corrected chi connectivity index (χ3v) is 3.39. The molecular weight excluding hydrogens is 260 g/mol. The smallest absolute Gasteiger partial charge is 0.240 e. The summed E-state index contributed by atoms with van der Waals surface area (Å²) in [6, 6.07) is 20.1. The van der Waals surface area contributed by atoms with Gasteiger partial charge in [0.1, 0.15) is 0 Å². The number of nitrogens with zero attached hydrogens (tertiary/aromatic N) is 1. The molecule has 2 aromatic rings. The quantitative estimate of drug-likeness (QED) is 0.792. The van der Waals surface area contributed by atoms with Crippen LogP contribution in [0.25, 0.3) is 0 Å². The lowest BCUT2D eigenvalue weighted by Crippen LogP contribution is -2.38. The Kier molecular flexibility index (Phi) is 5.98. The SMILES string of the molecule is CCN(C(=O)CNCCc1ccccc1)c1ccccc1. The highest BCUT2D eigenvalue weighted by Gasteiger charge is 2.12. The Hall–Kier alpha value is -2.13. The fourth-order valence-electron chi connectivity index (χ4n) is 2.28. The molecule has 0 saturated carbocycles. The van der Waals surface area contributed by atoms with Gasteiger partial charge in [0.15, 0.2) is 0 Å². The lowest BCUT2D eigenvalue weighted by molar-refractivity contribution is -0.117. The molecule has 0 bridgehead atoms. The van der Waals surface area contributed by atoms with Gasteiger partial charge in [-0.1, -0.05) is 48.5 Å². The van der Waals surface area contributed by atoms with E-state index in [-0.39, 0.29) is 5.91 Å². The third-order valence-electron chi connectivity index (χ3n) is 3.39. The molecule has 1 N–H and O–H groups in total. The fourth-order valence-corrected chi connectivity index (χ4v) is 2.28. The number of nitrogens with one attached hydrogen (secondary N) is 1. The number of rotatable bonds is 7. The minimum absolute atomic E-state index is 0.108. The van der Waals surface area contributed by atoms with Crippen LogP contribution in [0.3, 0.4) is 0 Å². The summed E-state index contributed by atoms with van der Waals surface area (Å²) in [5.74, 6) is 0.108. The van der Waals surface area contributed by atoms with Crippen molar-refractivity contribution in [1.29, 1.82) is 0 Å². The van der Waals surface area contributed by atoms with Gasteiger partial charge in [-0.15, -0.1) is 0 Å². The maximum absolute atomic E-state index is 12.2. The molecule has 0 spiro atoms. The number of likely N-dealkylation sites (N-methyl/N-ethyl adjacent to an activating group) is 1.